The van der Waals surface area contributed by atoms with Crippen molar-refractivity contribution in [1.82, 2.24) is 0 Å². The fourth-order valence-corrected chi connectivity index (χ4v) is 4.92. The molecule has 4 N–H and O–H groups in total. The van der Waals surface area contributed by atoms with Crippen LogP contribution in [0.2, 0.25) is 0 Å². The summed E-state index contributed by atoms with van der Waals surface area (Å²) in [5.74, 6) is 0.633. The second-order valence-corrected chi connectivity index (χ2v) is 9.44. The van der Waals surface area contributed by atoms with E-state index in [9.17, 15) is 20.4 Å². The van der Waals surface area contributed by atoms with Crippen molar-refractivity contribution in [3.05, 3.63) is 64.2 Å². The van der Waals surface area contributed by atoms with E-state index in [1.54, 1.807) is 0 Å². The average Bonchev–Trinajstić information content (AvgIpc) is 3.33. The van der Waals surface area contributed by atoms with E-state index in [1.165, 1.54) is 11.1 Å². The molecular formula is C27H36O6. The topological polar surface area (TPSA) is 99.4 Å². The molecule has 2 fully saturated rings. The first-order chi connectivity index (χ1) is 15.9. The van der Waals surface area contributed by atoms with Crippen LogP contribution >= 0.6 is 0 Å². The van der Waals surface area contributed by atoms with E-state index < -0.39 is 37.1 Å². The lowest BCUT2D eigenvalue weighted by Gasteiger charge is -2.41. The monoisotopic (exact) mass is 456 g/mol. The minimum atomic E-state index is -1.42. The molecule has 6 nitrogen and oxygen atoms in total. The van der Waals surface area contributed by atoms with E-state index in [4.69, 9.17) is 9.47 Å². The van der Waals surface area contributed by atoms with E-state index in [1.807, 2.05) is 19.1 Å². The summed E-state index contributed by atoms with van der Waals surface area (Å²) in [6, 6.07) is 12.5. The Morgan fingerprint density at radius 1 is 0.939 bits per heavy atom. The fourth-order valence-electron chi connectivity index (χ4n) is 4.92. The van der Waals surface area contributed by atoms with Crippen molar-refractivity contribution in [3.63, 3.8) is 0 Å². The summed E-state index contributed by atoms with van der Waals surface area (Å²) in [5.41, 5.74) is 5.27. The molecule has 1 heterocycles. The van der Waals surface area contributed by atoms with Gasteiger partial charge in [0, 0.05) is 5.56 Å². The van der Waals surface area contributed by atoms with Gasteiger partial charge in [-0.15, -0.1) is 0 Å². The number of benzene rings is 2. The van der Waals surface area contributed by atoms with Crippen molar-refractivity contribution in [1.29, 1.82) is 0 Å². The van der Waals surface area contributed by atoms with E-state index in [2.05, 4.69) is 31.2 Å². The van der Waals surface area contributed by atoms with Crippen LogP contribution in [0.3, 0.4) is 0 Å². The normalized spacial score (nSPS) is 28.2. The van der Waals surface area contributed by atoms with Crippen LogP contribution in [0.25, 0.3) is 0 Å². The molecule has 2 aliphatic rings. The van der Waals surface area contributed by atoms with Gasteiger partial charge in [0.1, 0.15) is 36.3 Å². The molecule has 1 aliphatic carbocycles. The maximum Gasteiger partial charge on any atom is 0.125 e. The van der Waals surface area contributed by atoms with Crippen LogP contribution in [0.5, 0.6) is 5.75 Å². The molecule has 4 rings (SSSR count). The minimum absolute atomic E-state index is 0.112. The van der Waals surface area contributed by atoms with Gasteiger partial charge in [-0.05, 0) is 79.8 Å². The highest BCUT2D eigenvalue weighted by atomic mass is 16.5. The molecule has 2 aromatic carbocycles. The highest BCUT2D eigenvalue weighted by molar-refractivity contribution is 5.46. The molecule has 2 aromatic rings. The molecule has 180 valence electrons. The smallest absolute Gasteiger partial charge is 0.125 e. The van der Waals surface area contributed by atoms with Gasteiger partial charge in [0.25, 0.3) is 0 Å². The SMILES string of the molecule is CCc1ccc(Cc2cc([C@@H]3O[C@H](CO)[C@@H](O)[C@H](O)[C@H]3O)c(OC3CCCC3)cc2C)cc1. The van der Waals surface area contributed by atoms with Crippen LogP contribution in [0, 0.1) is 6.92 Å². The van der Waals surface area contributed by atoms with Gasteiger partial charge < -0.3 is 29.9 Å². The Morgan fingerprint density at radius 3 is 2.24 bits per heavy atom. The van der Waals surface area contributed by atoms with Gasteiger partial charge in [-0.1, -0.05) is 31.2 Å². The maximum atomic E-state index is 10.8. The van der Waals surface area contributed by atoms with E-state index in [0.717, 1.165) is 43.2 Å². The molecule has 0 unspecified atom stereocenters. The number of ether oxygens (including phenoxy) is 2. The van der Waals surface area contributed by atoms with Gasteiger partial charge in [-0.2, -0.15) is 0 Å². The Morgan fingerprint density at radius 2 is 1.61 bits per heavy atom. The molecule has 0 amide bonds. The molecule has 6 heteroatoms. The number of hydrogen-bond acceptors (Lipinski definition) is 6. The zero-order chi connectivity index (χ0) is 23.5. The zero-order valence-corrected chi connectivity index (χ0v) is 19.5. The highest BCUT2D eigenvalue weighted by Gasteiger charge is 2.45. The first-order valence-corrected chi connectivity index (χ1v) is 12.1. The molecule has 0 radical (unpaired) electrons. The van der Waals surface area contributed by atoms with Crippen molar-refractivity contribution >= 4 is 0 Å². The lowest BCUT2D eigenvalue weighted by molar-refractivity contribution is -0.232. The number of aliphatic hydroxyl groups excluding tert-OH is 4. The van der Waals surface area contributed by atoms with Gasteiger partial charge in [-0.25, -0.2) is 0 Å². The van der Waals surface area contributed by atoms with Gasteiger partial charge >= 0.3 is 0 Å². The summed E-state index contributed by atoms with van der Waals surface area (Å²) in [7, 11) is 0. The van der Waals surface area contributed by atoms with Gasteiger partial charge in [0.2, 0.25) is 0 Å². The summed E-state index contributed by atoms with van der Waals surface area (Å²) in [4.78, 5) is 0. The zero-order valence-electron chi connectivity index (χ0n) is 19.5. The van der Waals surface area contributed by atoms with E-state index >= 15 is 0 Å². The summed E-state index contributed by atoms with van der Waals surface area (Å²) in [5, 5.41) is 41.1. The molecule has 0 aromatic heterocycles. The molecule has 1 saturated carbocycles. The lowest BCUT2D eigenvalue weighted by Crippen LogP contribution is -2.55. The average molecular weight is 457 g/mol. The largest absolute Gasteiger partial charge is 0.490 e. The third-order valence-corrected chi connectivity index (χ3v) is 7.09. The Bertz CT molecular complexity index is 919. The predicted octanol–water partition coefficient (Wildman–Crippen LogP) is 2.98. The van der Waals surface area contributed by atoms with Crippen molar-refractivity contribution < 1.29 is 29.9 Å². The molecule has 33 heavy (non-hydrogen) atoms. The van der Waals surface area contributed by atoms with Crippen molar-refractivity contribution in [2.45, 2.75) is 89.0 Å². The van der Waals surface area contributed by atoms with E-state index in [0.29, 0.717) is 17.7 Å². The lowest BCUT2D eigenvalue weighted by atomic mass is 9.88. The fraction of sp³-hybridized carbons (Fsp3) is 0.556. The number of hydrogen-bond donors (Lipinski definition) is 4. The molecule has 1 aliphatic heterocycles. The summed E-state index contributed by atoms with van der Waals surface area (Å²) < 4.78 is 12.3. The van der Waals surface area contributed by atoms with Crippen LogP contribution < -0.4 is 4.74 Å². The van der Waals surface area contributed by atoms with E-state index in [-0.39, 0.29) is 6.10 Å². The molecule has 0 bridgehead atoms. The standard InChI is InChI=1S/C27H36O6/c1-3-17-8-10-18(11-9-17)13-19-14-21(22(12-16(19)2)32-20-6-4-5-7-20)27-26(31)25(30)24(29)23(15-28)33-27/h8-12,14,20,23-31H,3-7,13,15H2,1-2H3/t23-,24-,25+,26-,27+/m1/s1. The van der Waals surface area contributed by atoms with Crippen LogP contribution in [-0.2, 0) is 17.6 Å². The van der Waals surface area contributed by atoms with Gasteiger partial charge in [-0.3, -0.25) is 0 Å². The number of aliphatic hydroxyl groups is 4. The summed E-state index contributed by atoms with van der Waals surface area (Å²) in [6.45, 7) is 3.73. The Kier molecular flexibility index (Phi) is 7.72. The highest BCUT2D eigenvalue weighted by Crippen LogP contribution is 2.40. The molecular weight excluding hydrogens is 420 g/mol. The molecule has 5 atom stereocenters. The number of aryl methyl sites for hydroxylation is 2. The van der Waals surface area contributed by atoms with Crippen LogP contribution in [-0.4, -0.2) is 57.6 Å². The summed E-state index contributed by atoms with van der Waals surface area (Å²) >= 11 is 0. The maximum absolute atomic E-state index is 10.8. The second kappa shape index (κ2) is 10.5. The first-order valence-electron chi connectivity index (χ1n) is 12.1. The van der Waals surface area contributed by atoms with Crippen molar-refractivity contribution in [2.24, 2.45) is 0 Å². The summed E-state index contributed by atoms with van der Waals surface area (Å²) in [6.07, 6.45) is 0.0191. The number of rotatable bonds is 7. The Labute approximate surface area is 195 Å². The van der Waals surface area contributed by atoms with Crippen molar-refractivity contribution in [2.75, 3.05) is 6.61 Å². The first kappa shape index (κ1) is 24.2. The van der Waals surface area contributed by atoms with Crippen molar-refractivity contribution in [3.8, 4) is 5.75 Å². The predicted molar refractivity (Wildman–Crippen MR) is 125 cm³/mol. The van der Waals surface area contributed by atoms with Crippen LogP contribution in [0.15, 0.2) is 36.4 Å². The van der Waals surface area contributed by atoms with Gasteiger partial charge in [0.05, 0.1) is 12.7 Å². The third kappa shape index (κ3) is 5.26. The Balaban J connectivity index is 1.70. The van der Waals surface area contributed by atoms with Crippen LogP contribution in [0.4, 0.5) is 0 Å². The van der Waals surface area contributed by atoms with Crippen LogP contribution in [0.1, 0.15) is 66.5 Å². The molecule has 0 spiro atoms. The second-order valence-electron chi connectivity index (χ2n) is 9.44. The third-order valence-electron chi connectivity index (χ3n) is 7.09. The van der Waals surface area contributed by atoms with Gasteiger partial charge in [0.15, 0.2) is 0 Å². The Hall–Kier alpha value is -1.96. The molecule has 1 saturated heterocycles. The quantitative estimate of drug-likeness (QED) is 0.511. The minimum Gasteiger partial charge on any atom is -0.490 e.